The fraction of sp³-hybridized carbons (Fsp3) is 0.167. The molecule has 0 fully saturated rings. The molecule has 1 aromatic carbocycles. The van der Waals surface area contributed by atoms with Gasteiger partial charge in [0.2, 0.25) is 0 Å². The third-order valence-electron chi connectivity index (χ3n) is 2.47. The quantitative estimate of drug-likeness (QED) is 0.776. The predicted octanol–water partition coefficient (Wildman–Crippen LogP) is 2.13. The fourth-order valence-corrected chi connectivity index (χ4v) is 1.60. The van der Waals surface area contributed by atoms with Gasteiger partial charge in [-0.25, -0.2) is 0 Å². The van der Waals surface area contributed by atoms with Crippen molar-refractivity contribution >= 4 is 17.3 Å². The maximum atomic E-state index is 12.0. The molecule has 0 aliphatic heterocycles. The summed E-state index contributed by atoms with van der Waals surface area (Å²) in [4.78, 5) is 12.0. The molecule has 5 heteroatoms. The summed E-state index contributed by atoms with van der Waals surface area (Å²) in [7, 11) is 0. The zero-order valence-corrected chi connectivity index (χ0v) is 9.65. The summed E-state index contributed by atoms with van der Waals surface area (Å²) >= 11 is 0. The van der Waals surface area contributed by atoms with Gasteiger partial charge in [-0.15, -0.1) is 0 Å². The molecule has 2 rings (SSSR count). The lowest BCUT2D eigenvalue weighted by atomic mass is 10.2. The lowest BCUT2D eigenvalue weighted by Crippen LogP contribution is -2.14. The van der Waals surface area contributed by atoms with E-state index in [0.717, 1.165) is 0 Å². The first-order valence-corrected chi connectivity index (χ1v) is 5.18. The van der Waals surface area contributed by atoms with Crippen LogP contribution < -0.4 is 11.1 Å². The Balaban J connectivity index is 2.27. The molecule has 0 unspecified atom stereocenters. The van der Waals surface area contributed by atoms with Gasteiger partial charge in [-0.2, -0.15) is 0 Å². The highest BCUT2D eigenvalue weighted by molar-refractivity contribution is 6.06. The van der Waals surface area contributed by atoms with Gasteiger partial charge in [0, 0.05) is 0 Å². The summed E-state index contributed by atoms with van der Waals surface area (Å²) in [5.41, 5.74) is 7.86. The highest BCUT2D eigenvalue weighted by Crippen LogP contribution is 2.19. The van der Waals surface area contributed by atoms with Gasteiger partial charge in [-0.3, -0.25) is 4.79 Å². The molecule has 0 saturated heterocycles. The first-order chi connectivity index (χ1) is 8.09. The number of nitrogens with two attached hydrogens (primary N) is 1. The Morgan fingerprint density at radius 3 is 2.65 bits per heavy atom. The van der Waals surface area contributed by atoms with E-state index in [1.54, 1.807) is 38.1 Å². The summed E-state index contributed by atoms with van der Waals surface area (Å²) in [6, 6.07) is 7.08. The van der Waals surface area contributed by atoms with Gasteiger partial charge >= 0.3 is 0 Å². The third kappa shape index (κ3) is 2.13. The molecule has 1 heterocycles. The van der Waals surface area contributed by atoms with Gasteiger partial charge in [-0.05, 0) is 26.0 Å². The van der Waals surface area contributed by atoms with Crippen molar-refractivity contribution in [3.05, 3.63) is 41.3 Å². The molecule has 3 N–H and O–H groups in total. The number of para-hydroxylation sites is 2. The average molecular weight is 231 g/mol. The van der Waals surface area contributed by atoms with Gasteiger partial charge in [0.15, 0.2) is 0 Å². The highest BCUT2D eigenvalue weighted by Gasteiger charge is 2.17. The van der Waals surface area contributed by atoms with Gasteiger partial charge in [0.25, 0.3) is 5.91 Å². The van der Waals surface area contributed by atoms with Crippen LogP contribution in [0.4, 0.5) is 11.4 Å². The Morgan fingerprint density at radius 2 is 2.06 bits per heavy atom. The fourth-order valence-electron chi connectivity index (χ4n) is 1.60. The maximum Gasteiger partial charge on any atom is 0.261 e. The maximum absolute atomic E-state index is 12.0. The van der Waals surface area contributed by atoms with Gasteiger partial charge in [-0.1, -0.05) is 17.3 Å². The summed E-state index contributed by atoms with van der Waals surface area (Å²) in [5.74, 6) is 0.230. The second-order valence-corrected chi connectivity index (χ2v) is 3.74. The number of rotatable bonds is 2. The van der Waals surface area contributed by atoms with Crippen molar-refractivity contribution < 1.29 is 9.32 Å². The Kier molecular flexibility index (Phi) is 2.82. The molecule has 17 heavy (non-hydrogen) atoms. The number of nitrogen functional groups attached to an aromatic ring is 1. The van der Waals surface area contributed by atoms with E-state index in [-0.39, 0.29) is 5.91 Å². The number of amides is 1. The minimum Gasteiger partial charge on any atom is -0.397 e. The van der Waals surface area contributed by atoms with E-state index in [4.69, 9.17) is 10.3 Å². The molecular weight excluding hydrogens is 218 g/mol. The molecular formula is C12H13N3O2. The minimum absolute atomic E-state index is 0.265. The number of nitrogens with one attached hydrogen (secondary N) is 1. The number of carbonyl (C=O) groups is 1. The van der Waals surface area contributed by atoms with Gasteiger partial charge < -0.3 is 15.6 Å². The number of aromatic nitrogens is 1. The van der Waals surface area contributed by atoms with E-state index in [0.29, 0.717) is 28.4 Å². The summed E-state index contributed by atoms with van der Waals surface area (Å²) in [5, 5.41) is 6.46. The molecule has 2 aromatic rings. The molecule has 0 radical (unpaired) electrons. The van der Waals surface area contributed by atoms with Crippen molar-refractivity contribution in [2.24, 2.45) is 0 Å². The van der Waals surface area contributed by atoms with Crippen LogP contribution in [-0.2, 0) is 0 Å². The summed E-state index contributed by atoms with van der Waals surface area (Å²) in [6.45, 7) is 3.42. The van der Waals surface area contributed by atoms with Crippen molar-refractivity contribution in [2.45, 2.75) is 13.8 Å². The smallest absolute Gasteiger partial charge is 0.261 e. The molecule has 5 nitrogen and oxygen atoms in total. The Bertz CT molecular complexity index is 541. The SMILES string of the molecule is Cc1noc(C)c1C(=O)Nc1ccccc1N. The van der Waals surface area contributed by atoms with Crippen molar-refractivity contribution in [1.82, 2.24) is 5.16 Å². The molecule has 0 aliphatic rings. The Morgan fingerprint density at radius 1 is 1.35 bits per heavy atom. The first-order valence-electron chi connectivity index (χ1n) is 5.18. The minimum atomic E-state index is -0.265. The predicted molar refractivity (Wildman–Crippen MR) is 64.8 cm³/mol. The number of hydrogen-bond acceptors (Lipinski definition) is 4. The van der Waals surface area contributed by atoms with E-state index >= 15 is 0 Å². The monoisotopic (exact) mass is 231 g/mol. The van der Waals surface area contributed by atoms with Crippen LogP contribution in [0.3, 0.4) is 0 Å². The molecule has 1 aromatic heterocycles. The van der Waals surface area contributed by atoms with Gasteiger partial charge in [0.05, 0.1) is 17.1 Å². The van der Waals surface area contributed by atoms with Crippen LogP contribution in [0.5, 0.6) is 0 Å². The van der Waals surface area contributed by atoms with Crippen LogP contribution in [0.15, 0.2) is 28.8 Å². The van der Waals surface area contributed by atoms with E-state index in [1.807, 2.05) is 0 Å². The second kappa shape index (κ2) is 4.29. The number of nitrogens with zero attached hydrogens (tertiary/aromatic N) is 1. The Hall–Kier alpha value is -2.30. The molecule has 0 saturated carbocycles. The van der Waals surface area contributed by atoms with Crippen LogP contribution in [0.25, 0.3) is 0 Å². The zero-order chi connectivity index (χ0) is 12.4. The van der Waals surface area contributed by atoms with Crippen LogP contribution in [-0.4, -0.2) is 11.1 Å². The van der Waals surface area contributed by atoms with Crippen LogP contribution in [0.2, 0.25) is 0 Å². The van der Waals surface area contributed by atoms with E-state index in [1.165, 1.54) is 0 Å². The summed E-state index contributed by atoms with van der Waals surface area (Å²) in [6.07, 6.45) is 0. The molecule has 88 valence electrons. The van der Waals surface area contributed by atoms with Crippen LogP contribution in [0.1, 0.15) is 21.8 Å². The lowest BCUT2D eigenvalue weighted by molar-refractivity contribution is 0.102. The first kappa shape index (κ1) is 11.2. The second-order valence-electron chi connectivity index (χ2n) is 3.74. The van der Waals surface area contributed by atoms with Crippen LogP contribution in [0, 0.1) is 13.8 Å². The highest BCUT2D eigenvalue weighted by atomic mass is 16.5. The normalized spacial score (nSPS) is 10.2. The van der Waals surface area contributed by atoms with Gasteiger partial charge in [0.1, 0.15) is 11.3 Å². The van der Waals surface area contributed by atoms with E-state index < -0.39 is 0 Å². The topological polar surface area (TPSA) is 81.2 Å². The number of benzene rings is 1. The number of carbonyl (C=O) groups excluding carboxylic acids is 1. The zero-order valence-electron chi connectivity index (χ0n) is 9.65. The molecule has 0 bridgehead atoms. The number of anilines is 2. The standard InChI is InChI=1S/C12H13N3O2/c1-7-11(8(2)17-15-7)12(16)14-10-6-4-3-5-9(10)13/h3-6H,13H2,1-2H3,(H,14,16). The third-order valence-corrected chi connectivity index (χ3v) is 2.47. The molecule has 1 amide bonds. The van der Waals surface area contributed by atoms with Crippen molar-refractivity contribution in [3.63, 3.8) is 0 Å². The average Bonchev–Trinajstić information content (AvgIpc) is 2.62. The molecule has 0 spiro atoms. The molecule has 0 atom stereocenters. The van der Waals surface area contributed by atoms with Crippen molar-refractivity contribution in [3.8, 4) is 0 Å². The van der Waals surface area contributed by atoms with E-state index in [2.05, 4.69) is 10.5 Å². The summed E-state index contributed by atoms with van der Waals surface area (Å²) < 4.78 is 4.94. The number of aryl methyl sites for hydroxylation is 2. The van der Waals surface area contributed by atoms with Crippen molar-refractivity contribution in [2.75, 3.05) is 11.1 Å². The van der Waals surface area contributed by atoms with Crippen molar-refractivity contribution in [1.29, 1.82) is 0 Å². The molecule has 0 aliphatic carbocycles. The Labute approximate surface area is 98.6 Å². The van der Waals surface area contributed by atoms with Crippen LogP contribution >= 0.6 is 0 Å². The van der Waals surface area contributed by atoms with E-state index in [9.17, 15) is 4.79 Å². The lowest BCUT2D eigenvalue weighted by Gasteiger charge is -2.07. The largest absolute Gasteiger partial charge is 0.397 e. The number of hydrogen-bond donors (Lipinski definition) is 2.